The van der Waals surface area contributed by atoms with E-state index in [-0.39, 0.29) is 5.56 Å². The summed E-state index contributed by atoms with van der Waals surface area (Å²) >= 11 is 1.78. The minimum Gasteiger partial charge on any atom is -0.497 e. The van der Waals surface area contributed by atoms with Crippen molar-refractivity contribution in [2.45, 2.75) is 13.1 Å². The van der Waals surface area contributed by atoms with Crippen molar-refractivity contribution < 1.29 is 4.74 Å². The van der Waals surface area contributed by atoms with Crippen molar-refractivity contribution in [2.75, 3.05) is 7.11 Å². The molecule has 0 saturated carbocycles. The number of H-pyrrole nitrogens is 1. The van der Waals surface area contributed by atoms with Gasteiger partial charge in [0.05, 0.1) is 7.11 Å². The largest absolute Gasteiger partial charge is 0.497 e. The summed E-state index contributed by atoms with van der Waals surface area (Å²) in [6, 6.07) is 15.8. The Labute approximate surface area is 138 Å². The predicted octanol–water partition coefficient (Wildman–Crippen LogP) is 3.40. The van der Waals surface area contributed by atoms with Gasteiger partial charge in [-0.05, 0) is 47.5 Å². The fourth-order valence-electron chi connectivity index (χ4n) is 2.27. The minimum absolute atomic E-state index is 0.0730. The molecule has 0 atom stereocenters. The molecule has 0 bridgehead atoms. The topological polar surface area (TPSA) is 54.1 Å². The fourth-order valence-corrected chi connectivity index (χ4v) is 3.25. The standard InChI is InChI=1S/C18H18N2O2S/c1-22-15-5-3-14(4-6-15)17-8-7-16(23-17)12-19-10-13-2-9-18(21)20-11-13/h2-9,11,19H,10,12H2,1H3,(H,20,21). The van der Waals surface area contributed by atoms with Crippen LogP contribution in [0.4, 0.5) is 0 Å². The number of aromatic amines is 1. The molecule has 0 aliphatic rings. The van der Waals surface area contributed by atoms with Gasteiger partial charge in [-0.25, -0.2) is 0 Å². The van der Waals surface area contributed by atoms with Crippen molar-refractivity contribution in [2.24, 2.45) is 0 Å². The van der Waals surface area contributed by atoms with Gasteiger partial charge >= 0.3 is 0 Å². The first-order valence-electron chi connectivity index (χ1n) is 7.36. The normalized spacial score (nSPS) is 10.7. The van der Waals surface area contributed by atoms with Crippen LogP contribution in [0.1, 0.15) is 10.4 Å². The lowest BCUT2D eigenvalue weighted by atomic mass is 10.2. The number of hydrogen-bond donors (Lipinski definition) is 2. The second-order valence-electron chi connectivity index (χ2n) is 5.16. The fraction of sp³-hybridized carbons (Fsp3) is 0.167. The molecule has 2 heterocycles. The van der Waals surface area contributed by atoms with Crippen LogP contribution in [-0.4, -0.2) is 12.1 Å². The monoisotopic (exact) mass is 326 g/mol. The van der Waals surface area contributed by atoms with E-state index in [4.69, 9.17) is 4.74 Å². The molecule has 0 saturated heterocycles. The molecule has 5 heteroatoms. The average molecular weight is 326 g/mol. The van der Waals surface area contributed by atoms with E-state index >= 15 is 0 Å². The maximum absolute atomic E-state index is 11.0. The molecule has 0 spiro atoms. The molecular weight excluding hydrogens is 308 g/mol. The van der Waals surface area contributed by atoms with Gasteiger partial charge in [-0.15, -0.1) is 11.3 Å². The number of methoxy groups -OCH3 is 1. The Kier molecular flexibility index (Phi) is 4.90. The first-order chi connectivity index (χ1) is 11.2. The molecule has 4 nitrogen and oxygen atoms in total. The molecule has 2 N–H and O–H groups in total. The van der Waals surface area contributed by atoms with Crippen LogP contribution >= 0.6 is 11.3 Å². The van der Waals surface area contributed by atoms with Gasteiger partial charge in [0.25, 0.3) is 0 Å². The summed E-state index contributed by atoms with van der Waals surface area (Å²) in [6.07, 6.45) is 1.74. The van der Waals surface area contributed by atoms with E-state index in [1.54, 1.807) is 30.7 Å². The quantitative estimate of drug-likeness (QED) is 0.730. The van der Waals surface area contributed by atoms with Crippen molar-refractivity contribution in [1.29, 1.82) is 0 Å². The third kappa shape index (κ3) is 4.09. The van der Waals surface area contributed by atoms with Crippen LogP contribution in [0, 0.1) is 0 Å². The smallest absolute Gasteiger partial charge is 0.247 e. The van der Waals surface area contributed by atoms with Gasteiger partial charge in [-0.2, -0.15) is 0 Å². The summed E-state index contributed by atoms with van der Waals surface area (Å²) in [4.78, 5) is 16.2. The van der Waals surface area contributed by atoms with E-state index in [1.807, 2.05) is 18.2 Å². The number of aromatic nitrogens is 1. The Morgan fingerprint density at radius 2 is 1.87 bits per heavy atom. The predicted molar refractivity (Wildman–Crippen MR) is 93.9 cm³/mol. The molecule has 1 aromatic carbocycles. The lowest BCUT2D eigenvalue weighted by Crippen LogP contribution is -2.13. The molecule has 23 heavy (non-hydrogen) atoms. The highest BCUT2D eigenvalue weighted by Crippen LogP contribution is 2.29. The highest BCUT2D eigenvalue weighted by molar-refractivity contribution is 7.15. The number of rotatable bonds is 6. The number of thiophene rings is 1. The Morgan fingerprint density at radius 3 is 2.57 bits per heavy atom. The summed E-state index contributed by atoms with van der Waals surface area (Å²) in [5.74, 6) is 0.869. The molecule has 0 radical (unpaired) electrons. The van der Waals surface area contributed by atoms with E-state index in [2.05, 4.69) is 34.6 Å². The summed E-state index contributed by atoms with van der Waals surface area (Å²) in [5, 5.41) is 3.39. The lowest BCUT2D eigenvalue weighted by molar-refractivity contribution is 0.415. The second kappa shape index (κ2) is 7.26. The third-order valence-corrected chi connectivity index (χ3v) is 4.65. The van der Waals surface area contributed by atoms with E-state index in [0.29, 0.717) is 0 Å². The highest BCUT2D eigenvalue weighted by atomic mass is 32.1. The second-order valence-corrected chi connectivity index (χ2v) is 6.33. The van der Waals surface area contributed by atoms with E-state index < -0.39 is 0 Å². The zero-order valence-electron chi connectivity index (χ0n) is 12.8. The summed E-state index contributed by atoms with van der Waals surface area (Å²) in [6.45, 7) is 1.53. The zero-order chi connectivity index (χ0) is 16.1. The Morgan fingerprint density at radius 1 is 1.04 bits per heavy atom. The number of pyridine rings is 1. The first-order valence-corrected chi connectivity index (χ1v) is 8.18. The molecule has 2 aromatic heterocycles. The molecule has 0 aliphatic heterocycles. The van der Waals surface area contributed by atoms with Gasteiger partial charge in [0.15, 0.2) is 0 Å². The van der Waals surface area contributed by atoms with Gasteiger partial charge in [0.1, 0.15) is 5.75 Å². The SMILES string of the molecule is COc1ccc(-c2ccc(CNCc3ccc(=O)[nH]c3)s2)cc1. The van der Waals surface area contributed by atoms with Crippen LogP contribution in [0.5, 0.6) is 5.75 Å². The maximum atomic E-state index is 11.0. The van der Waals surface area contributed by atoms with Gasteiger partial charge < -0.3 is 15.0 Å². The molecule has 3 aromatic rings. The minimum atomic E-state index is -0.0730. The highest BCUT2D eigenvalue weighted by Gasteiger charge is 2.03. The van der Waals surface area contributed by atoms with Crippen molar-refractivity contribution in [3.63, 3.8) is 0 Å². The summed E-state index contributed by atoms with van der Waals surface area (Å²) in [5.41, 5.74) is 2.19. The molecule has 3 rings (SSSR count). The van der Waals surface area contributed by atoms with Gasteiger partial charge in [0, 0.05) is 35.1 Å². The van der Waals surface area contributed by atoms with Gasteiger partial charge in [-0.3, -0.25) is 4.79 Å². The van der Waals surface area contributed by atoms with Crippen LogP contribution in [0.3, 0.4) is 0 Å². The molecule has 0 fully saturated rings. The Balaban J connectivity index is 1.58. The average Bonchev–Trinajstić information content (AvgIpc) is 3.06. The van der Waals surface area contributed by atoms with Crippen molar-refractivity contribution in [3.8, 4) is 16.2 Å². The molecular formula is C18H18N2O2S. The van der Waals surface area contributed by atoms with Crippen molar-refractivity contribution in [3.05, 3.63) is 75.5 Å². The molecule has 118 valence electrons. The molecule has 0 aliphatic carbocycles. The van der Waals surface area contributed by atoms with Gasteiger partial charge in [-0.1, -0.05) is 6.07 Å². The summed E-state index contributed by atoms with van der Waals surface area (Å²) < 4.78 is 5.18. The van der Waals surface area contributed by atoms with Crippen LogP contribution in [-0.2, 0) is 13.1 Å². The van der Waals surface area contributed by atoms with Crippen LogP contribution in [0.25, 0.3) is 10.4 Å². The van der Waals surface area contributed by atoms with Gasteiger partial charge in [0.2, 0.25) is 5.56 Å². The summed E-state index contributed by atoms with van der Waals surface area (Å²) in [7, 11) is 1.67. The van der Waals surface area contributed by atoms with E-state index in [1.165, 1.54) is 15.3 Å². The zero-order valence-corrected chi connectivity index (χ0v) is 13.7. The van der Waals surface area contributed by atoms with Crippen molar-refractivity contribution in [1.82, 2.24) is 10.3 Å². The number of benzene rings is 1. The lowest BCUT2D eigenvalue weighted by Gasteiger charge is -2.03. The third-order valence-electron chi connectivity index (χ3n) is 3.51. The van der Waals surface area contributed by atoms with Crippen LogP contribution < -0.4 is 15.6 Å². The first kappa shape index (κ1) is 15.5. The number of nitrogens with one attached hydrogen (secondary N) is 2. The maximum Gasteiger partial charge on any atom is 0.247 e. The Bertz CT molecular complexity index is 801. The van der Waals surface area contributed by atoms with E-state index in [9.17, 15) is 4.79 Å². The van der Waals surface area contributed by atoms with Crippen LogP contribution in [0.15, 0.2) is 59.5 Å². The molecule has 0 amide bonds. The van der Waals surface area contributed by atoms with E-state index in [0.717, 1.165) is 24.4 Å². The Hall–Kier alpha value is -2.37. The molecule has 0 unspecified atom stereocenters. The van der Waals surface area contributed by atoms with Crippen molar-refractivity contribution >= 4 is 11.3 Å². The van der Waals surface area contributed by atoms with Crippen LogP contribution in [0.2, 0.25) is 0 Å². The number of ether oxygens (including phenoxy) is 1. The number of hydrogen-bond acceptors (Lipinski definition) is 4.